The van der Waals surface area contributed by atoms with E-state index in [1.54, 1.807) is 6.07 Å². The molecule has 0 aromatic heterocycles. The second-order valence-corrected chi connectivity index (χ2v) is 6.11. The van der Waals surface area contributed by atoms with Gasteiger partial charge >= 0.3 is 0 Å². The van der Waals surface area contributed by atoms with Crippen LogP contribution in [0.2, 0.25) is 5.02 Å². The number of amides is 1. The van der Waals surface area contributed by atoms with Crippen LogP contribution < -0.4 is 4.74 Å². The van der Waals surface area contributed by atoms with Crippen LogP contribution in [0.5, 0.6) is 5.75 Å². The second-order valence-electron chi connectivity index (χ2n) is 5.67. The van der Waals surface area contributed by atoms with Crippen LogP contribution in [0.4, 0.5) is 0 Å². The topological polar surface area (TPSA) is 32.8 Å². The van der Waals surface area contributed by atoms with E-state index < -0.39 is 0 Å². The number of carbonyl (C=O) groups excluding carboxylic acids is 1. The maximum Gasteiger partial charge on any atom is 0.257 e. The molecule has 0 saturated carbocycles. The standard InChI is InChI=1S/C15H19ClN2O2/c1-10-7-11-8-12(16)9-13(14(11)20-10)15(19)18-5-3-17(2)4-6-18/h8-10H,3-7H2,1-2H3/t10-/m1/s1. The molecule has 1 aromatic rings. The fraction of sp³-hybridized carbons (Fsp3) is 0.533. The lowest BCUT2D eigenvalue weighted by Crippen LogP contribution is -2.47. The molecule has 5 heteroatoms. The number of fused-ring (bicyclic) bond motifs is 1. The summed E-state index contributed by atoms with van der Waals surface area (Å²) in [7, 11) is 2.07. The molecule has 1 atom stereocenters. The molecule has 108 valence electrons. The first-order chi connectivity index (χ1) is 9.54. The molecule has 2 heterocycles. The van der Waals surface area contributed by atoms with Crippen molar-refractivity contribution in [3.8, 4) is 5.75 Å². The van der Waals surface area contributed by atoms with E-state index in [0.29, 0.717) is 10.6 Å². The van der Waals surface area contributed by atoms with Gasteiger partial charge in [0.2, 0.25) is 0 Å². The van der Waals surface area contributed by atoms with Crippen molar-refractivity contribution in [2.24, 2.45) is 0 Å². The third-order valence-corrected chi connectivity index (χ3v) is 4.20. The summed E-state index contributed by atoms with van der Waals surface area (Å²) in [6.07, 6.45) is 0.932. The van der Waals surface area contributed by atoms with E-state index in [9.17, 15) is 4.79 Å². The maximum atomic E-state index is 12.7. The van der Waals surface area contributed by atoms with Gasteiger partial charge in [-0.05, 0) is 26.1 Å². The van der Waals surface area contributed by atoms with Crippen molar-refractivity contribution in [2.75, 3.05) is 33.2 Å². The molecule has 1 saturated heterocycles. The number of hydrogen-bond acceptors (Lipinski definition) is 3. The lowest BCUT2D eigenvalue weighted by Gasteiger charge is -2.32. The molecule has 3 rings (SSSR count). The third-order valence-electron chi connectivity index (χ3n) is 3.98. The van der Waals surface area contributed by atoms with E-state index in [1.807, 2.05) is 17.9 Å². The number of benzene rings is 1. The number of rotatable bonds is 1. The summed E-state index contributed by atoms with van der Waals surface area (Å²) in [6.45, 7) is 5.34. The fourth-order valence-corrected chi connectivity index (χ4v) is 3.07. The summed E-state index contributed by atoms with van der Waals surface area (Å²) in [5.74, 6) is 0.761. The zero-order chi connectivity index (χ0) is 14.3. The minimum atomic E-state index is 0.0333. The van der Waals surface area contributed by atoms with E-state index >= 15 is 0 Å². The SMILES string of the molecule is C[C@@H]1Cc2cc(Cl)cc(C(=O)N3CCN(C)CC3)c2O1. The van der Waals surface area contributed by atoms with Crippen molar-refractivity contribution >= 4 is 17.5 Å². The highest BCUT2D eigenvalue weighted by molar-refractivity contribution is 6.31. The van der Waals surface area contributed by atoms with Crippen LogP contribution in [0, 0.1) is 0 Å². The van der Waals surface area contributed by atoms with Crippen LogP contribution in [0.25, 0.3) is 0 Å². The van der Waals surface area contributed by atoms with Crippen molar-refractivity contribution in [1.29, 1.82) is 0 Å². The molecule has 0 aliphatic carbocycles. The van der Waals surface area contributed by atoms with Gasteiger partial charge in [-0.2, -0.15) is 0 Å². The third kappa shape index (κ3) is 2.50. The van der Waals surface area contributed by atoms with Gasteiger partial charge in [0.1, 0.15) is 11.9 Å². The van der Waals surface area contributed by atoms with Gasteiger partial charge in [-0.15, -0.1) is 0 Å². The van der Waals surface area contributed by atoms with Gasteiger partial charge < -0.3 is 14.5 Å². The van der Waals surface area contributed by atoms with Crippen molar-refractivity contribution in [2.45, 2.75) is 19.4 Å². The number of nitrogens with zero attached hydrogens (tertiary/aromatic N) is 2. The molecule has 1 amide bonds. The Bertz CT molecular complexity index is 539. The average Bonchev–Trinajstić information content (AvgIpc) is 2.78. The Morgan fingerprint density at radius 1 is 1.30 bits per heavy atom. The molecule has 2 aliphatic rings. The molecule has 1 fully saturated rings. The Morgan fingerprint density at radius 3 is 2.70 bits per heavy atom. The Labute approximate surface area is 124 Å². The number of piperazine rings is 1. The van der Waals surface area contributed by atoms with E-state index in [1.165, 1.54) is 0 Å². The van der Waals surface area contributed by atoms with Gasteiger partial charge in [-0.3, -0.25) is 4.79 Å². The normalized spacial score (nSPS) is 22.6. The van der Waals surface area contributed by atoms with Crippen LogP contribution in [0.15, 0.2) is 12.1 Å². The number of ether oxygens (including phenoxy) is 1. The van der Waals surface area contributed by atoms with Gasteiger partial charge in [0.15, 0.2) is 0 Å². The maximum absolute atomic E-state index is 12.7. The highest BCUT2D eigenvalue weighted by Crippen LogP contribution is 2.36. The zero-order valence-corrected chi connectivity index (χ0v) is 12.6. The summed E-state index contributed by atoms with van der Waals surface area (Å²) in [5.41, 5.74) is 1.66. The Balaban J connectivity index is 1.89. The number of carbonyl (C=O) groups is 1. The first kappa shape index (κ1) is 13.7. The summed E-state index contributed by atoms with van der Waals surface area (Å²) < 4.78 is 5.81. The molecule has 2 aliphatic heterocycles. The predicted octanol–water partition coefficient (Wildman–Crippen LogP) is 2.05. The molecule has 0 unspecified atom stereocenters. The molecule has 0 N–H and O–H groups in total. The van der Waals surface area contributed by atoms with Gasteiger partial charge in [-0.1, -0.05) is 11.6 Å². The van der Waals surface area contributed by atoms with Crippen LogP contribution >= 0.6 is 11.6 Å². The van der Waals surface area contributed by atoms with Crippen molar-refractivity contribution in [3.05, 3.63) is 28.3 Å². The monoisotopic (exact) mass is 294 g/mol. The van der Waals surface area contributed by atoms with Crippen LogP contribution in [-0.2, 0) is 6.42 Å². The zero-order valence-electron chi connectivity index (χ0n) is 11.9. The number of hydrogen-bond donors (Lipinski definition) is 0. The molecule has 1 aromatic carbocycles. The van der Waals surface area contributed by atoms with Crippen molar-refractivity contribution in [3.63, 3.8) is 0 Å². The number of halogens is 1. The van der Waals surface area contributed by atoms with Gasteiger partial charge in [0.25, 0.3) is 5.91 Å². The predicted molar refractivity (Wildman–Crippen MR) is 78.6 cm³/mol. The summed E-state index contributed by atoms with van der Waals surface area (Å²) in [6, 6.07) is 3.64. The van der Waals surface area contributed by atoms with Crippen LogP contribution in [0.1, 0.15) is 22.8 Å². The molecule has 0 spiro atoms. The largest absolute Gasteiger partial charge is 0.489 e. The molecule has 0 bridgehead atoms. The minimum absolute atomic E-state index is 0.0333. The second kappa shape index (κ2) is 5.26. The van der Waals surface area contributed by atoms with Gasteiger partial charge in [0, 0.05) is 43.2 Å². The Hall–Kier alpha value is -1.26. The molecule has 20 heavy (non-hydrogen) atoms. The minimum Gasteiger partial charge on any atom is -0.489 e. The van der Waals surface area contributed by atoms with E-state index in [0.717, 1.165) is 43.9 Å². The van der Waals surface area contributed by atoms with Gasteiger partial charge in [-0.25, -0.2) is 0 Å². The average molecular weight is 295 g/mol. The molecule has 4 nitrogen and oxygen atoms in total. The Morgan fingerprint density at radius 2 is 2.00 bits per heavy atom. The van der Waals surface area contributed by atoms with E-state index in [2.05, 4.69) is 11.9 Å². The van der Waals surface area contributed by atoms with Gasteiger partial charge in [0.05, 0.1) is 5.56 Å². The summed E-state index contributed by atoms with van der Waals surface area (Å²) in [4.78, 5) is 16.8. The summed E-state index contributed by atoms with van der Waals surface area (Å²) in [5, 5.41) is 0.610. The highest BCUT2D eigenvalue weighted by Gasteiger charge is 2.29. The lowest BCUT2D eigenvalue weighted by atomic mass is 10.1. The Kier molecular flexibility index (Phi) is 3.61. The van der Waals surface area contributed by atoms with E-state index in [4.69, 9.17) is 16.3 Å². The lowest BCUT2D eigenvalue weighted by molar-refractivity contribution is 0.0659. The summed E-state index contributed by atoms with van der Waals surface area (Å²) >= 11 is 6.15. The smallest absolute Gasteiger partial charge is 0.257 e. The van der Waals surface area contributed by atoms with E-state index in [-0.39, 0.29) is 12.0 Å². The fourth-order valence-electron chi connectivity index (χ4n) is 2.83. The van der Waals surface area contributed by atoms with Crippen LogP contribution in [0.3, 0.4) is 0 Å². The van der Waals surface area contributed by atoms with Crippen molar-refractivity contribution in [1.82, 2.24) is 9.80 Å². The first-order valence-corrected chi connectivity index (χ1v) is 7.39. The molecular weight excluding hydrogens is 276 g/mol. The molecule has 0 radical (unpaired) electrons. The van der Waals surface area contributed by atoms with Crippen molar-refractivity contribution < 1.29 is 9.53 Å². The highest BCUT2D eigenvalue weighted by atomic mass is 35.5. The quantitative estimate of drug-likeness (QED) is 0.795. The van der Waals surface area contributed by atoms with Crippen LogP contribution in [-0.4, -0.2) is 55.0 Å². The first-order valence-electron chi connectivity index (χ1n) is 7.01. The molecular formula is C15H19ClN2O2. The number of likely N-dealkylation sites (N-methyl/N-ethyl adjacent to an activating group) is 1.